The molecule has 0 saturated carbocycles. The molecule has 1 aromatic carbocycles. The Kier molecular flexibility index (Phi) is 7.45. The van der Waals surface area contributed by atoms with Crippen LogP contribution in [0.25, 0.3) is 0 Å². The van der Waals surface area contributed by atoms with Crippen LogP contribution in [-0.2, 0) is 6.61 Å². The minimum Gasteiger partial charge on any atom is -0.490 e. The maximum Gasteiger partial charge on any atom is 0.253 e. The molecule has 0 radical (unpaired) electrons. The molecule has 2 aromatic rings. The standard InChI is InChI=1S/C21H28N2O3/c1-5-25-20-14-18(21(24)23(4)13-10-16(2)3)6-7-19(20)26-15-17-8-11-22-12-9-17/h6-9,11-12,14,16H,5,10,13,15H2,1-4H3. The van der Waals surface area contributed by atoms with Crippen molar-refractivity contribution in [2.24, 2.45) is 5.92 Å². The molecule has 0 aliphatic carbocycles. The van der Waals surface area contributed by atoms with Crippen LogP contribution in [-0.4, -0.2) is 36.0 Å². The minimum atomic E-state index is -0.00714. The number of carbonyl (C=O) groups excluding carboxylic acids is 1. The minimum absolute atomic E-state index is 0.00714. The van der Waals surface area contributed by atoms with Crippen LogP contribution in [0.2, 0.25) is 0 Å². The zero-order valence-corrected chi connectivity index (χ0v) is 16.1. The quantitative estimate of drug-likeness (QED) is 0.676. The molecule has 0 N–H and O–H groups in total. The van der Waals surface area contributed by atoms with Gasteiger partial charge in [-0.1, -0.05) is 13.8 Å². The van der Waals surface area contributed by atoms with Crippen LogP contribution in [0.5, 0.6) is 11.5 Å². The Morgan fingerprint density at radius 2 is 1.85 bits per heavy atom. The Morgan fingerprint density at radius 1 is 1.12 bits per heavy atom. The highest BCUT2D eigenvalue weighted by Gasteiger charge is 2.15. The number of rotatable bonds is 9. The number of pyridine rings is 1. The average Bonchev–Trinajstić information content (AvgIpc) is 2.65. The first-order valence-corrected chi connectivity index (χ1v) is 9.05. The molecule has 0 bridgehead atoms. The predicted octanol–water partition coefficient (Wildman–Crippen LogP) is 4.18. The van der Waals surface area contributed by atoms with Gasteiger partial charge >= 0.3 is 0 Å². The third-order valence-corrected chi connectivity index (χ3v) is 4.02. The van der Waals surface area contributed by atoms with Gasteiger partial charge in [0.15, 0.2) is 11.5 Å². The average molecular weight is 356 g/mol. The fourth-order valence-electron chi connectivity index (χ4n) is 2.44. The molecule has 0 aliphatic rings. The molecule has 0 fully saturated rings. The molecule has 0 atom stereocenters. The van der Waals surface area contributed by atoms with E-state index >= 15 is 0 Å². The number of nitrogens with zero attached hydrogens (tertiary/aromatic N) is 2. The second-order valence-corrected chi connectivity index (χ2v) is 6.65. The lowest BCUT2D eigenvalue weighted by Crippen LogP contribution is -2.28. The number of hydrogen-bond donors (Lipinski definition) is 0. The van der Waals surface area contributed by atoms with Gasteiger partial charge in [0, 0.05) is 31.5 Å². The first kappa shape index (κ1) is 19.8. The maximum atomic E-state index is 12.6. The topological polar surface area (TPSA) is 51.7 Å². The summed E-state index contributed by atoms with van der Waals surface area (Å²) in [6.45, 7) is 7.88. The van der Waals surface area contributed by atoms with Crippen molar-refractivity contribution in [3.63, 3.8) is 0 Å². The Balaban J connectivity index is 2.10. The van der Waals surface area contributed by atoms with Gasteiger partial charge in [0.05, 0.1) is 6.61 Å². The summed E-state index contributed by atoms with van der Waals surface area (Å²) in [5.41, 5.74) is 1.63. The monoisotopic (exact) mass is 356 g/mol. The van der Waals surface area contributed by atoms with Crippen LogP contribution >= 0.6 is 0 Å². The number of amides is 1. The van der Waals surface area contributed by atoms with Gasteiger partial charge in [0.2, 0.25) is 0 Å². The Bertz CT molecular complexity index is 702. The van der Waals surface area contributed by atoms with E-state index in [0.29, 0.717) is 36.2 Å². The maximum absolute atomic E-state index is 12.6. The summed E-state index contributed by atoms with van der Waals surface area (Å²) in [5, 5.41) is 0. The molecule has 5 nitrogen and oxygen atoms in total. The number of hydrogen-bond acceptors (Lipinski definition) is 4. The van der Waals surface area contributed by atoms with E-state index in [0.717, 1.165) is 18.5 Å². The van der Waals surface area contributed by atoms with Crippen LogP contribution in [0.15, 0.2) is 42.7 Å². The van der Waals surface area contributed by atoms with E-state index in [1.165, 1.54) is 0 Å². The zero-order valence-electron chi connectivity index (χ0n) is 16.1. The predicted molar refractivity (Wildman–Crippen MR) is 103 cm³/mol. The van der Waals surface area contributed by atoms with E-state index < -0.39 is 0 Å². The largest absolute Gasteiger partial charge is 0.490 e. The molecule has 2 rings (SSSR count). The van der Waals surface area contributed by atoms with Crippen LogP contribution in [0.4, 0.5) is 0 Å². The third kappa shape index (κ3) is 5.76. The smallest absolute Gasteiger partial charge is 0.253 e. The summed E-state index contributed by atoms with van der Waals surface area (Å²) >= 11 is 0. The van der Waals surface area contributed by atoms with Crippen LogP contribution < -0.4 is 9.47 Å². The lowest BCUT2D eigenvalue weighted by Gasteiger charge is -2.19. The summed E-state index contributed by atoms with van der Waals surface area (Å²) in [4.78, 5) is 18.4. The highest BCUT2D eigenvalue weighted by Crippen LogP contribution is 2.29. The highest BCUT2D eigenvalue weighted by atomic mass is 16.5. The number of aromatic nitrogens is 1. The van der Waals surface area contributed by atoms with Gasteiger partial charge in [0.25, 0.3) is 5.91 Å². The van der Waals surface area contributed by atoms with Crippen molar-refractivity contribution in [1.82, 2.24) is 9.88 Å². The van der Waals surface area contributed by atoms with Gasteiger partial charge in [-0.05, 0) is 55.2 Å². The number of benzene rings is 1. The second-order valence-electron chi connectivity index (χ2n) is 6.65. The molecular weight excluding hydrogens is 328 g/mol. The molecule has 1 amide bonds. The highest BCUT2D eigenvalue weighted by molar-refractivity contribution is 5.94. The second kappa shape index (κ2) is 9.80. The van der Waals surface area contributed by atoms with Gasteiger partial charge in [-0.15, -0.1) is 0 Å². The van der Waals surface area contributed by atoms with E-state index in [2.05, 4.69) is 18.8 Å². The lowest BCUT2D eigenvalue weighted by molar-refractivity contribution is 0.0788. The molecule has 1 heterocycles. The van der Waals surface area contributed by atoms with Crippen molar-refractivity contribution in [3.8, 4) is 11.5 Å². The molecule has 0 saturated heterocycles. The van der Waals surface area contributed by atoms with Crippen molar-refractivity contribution in [2.75, 3.05) is 20.2 Å². The molecule has 0 aliphatic heterocycles. The van der Waals surface area contributed by atoms with Crippen LogP contribution in [0.3, 0.4) is 0 Å². The molecule has 0 spiro atoms. The number of carbonyl (C=O) groups is 1. The van der Waals surface area contributed by atoms with Crippen molar-refractivity contribution in [2.45, 2.75) is 33.8 Å². The van der Waals surface area contributed by atoms with Gasteiger partial charge < -0.3 is 14.4 Å². The van der Waals surface area contributed by atoms with Crippen molar-refractivity contribution in [1.29, 1.82) is 0 Å². The lowest BCUT2D eigenvalue weighted by atomic mass is 10.1. The summed E-state index contributed by atoms with van der Waals surface area (Å²) in [5.74, 6) is 1.77. The SMILES string of the molecule is CCOc1cc(C(=O)N(C)CCC(C)C)ccc1OCc1ccncc1. The summed E-state index contributed by atoms with van der Waals surface area (Å²) in [6, 6.07) is 9.16. The third-order valence-electron chi connectivity index (χ3n) is 4.02. The van der Waals surface area contributed by atoms with Gasteiger partial charge in [-0.25, -0.2) is 0 Å². The van der Waals surface area contributed by atoms with Gasteiger partial charge in [-0.2, -0.15) is 0 Å². The van der Waals surface area contributed by atoms with Crippen molar-refractivity contribution >= 4 is 5.91 Å². The van der Waals surface area contributed by atoms with Crippen LogP contribution in [0, 0.1) is 5.92 Å². The molecule has 0 unspecified atom stereocenters. The molecule has 140 valence electrons. The fourth-order valence-corrected chi connectivity index (χ4v) is 2.44. The van der Waals surface area contributed by atoms with E-state index in [-0.39, 0.29) is 5.91 Å². The van der Waals surface area contributed by atoms with Gasteiger partial charge in [-0.3, -0.25) is 9.78 Å². The molecule has 5 heteroatoms. The zero-order chi connectivity index (χ0) is 18.9. The summed E-state index contributed by atoms with van der Waals surface area (Å²) in [6.07, 6.45) is 4.45. The van der Waals surface area contributed by atoms with Crippen molar-refractivity contribution in [3.05, 3.63) is 53.9 Å². The first-order chi connectivity index (χ1) is 12.5. The fraction of sp³-hybridized carbons (Fsp3) is 0.429. The summed E-state index contributed by atoms with van der Waals surface area (Å²) < 4.78 is 11.6. The Morgan fingerprint density at radius 3 is 2.50 bits per heavy atom. The normalized spacial score (nSPS) is 10.7. The van der Waals surface area contributed by atoms with E-state index in [1.54, 1.807) is 35.5 Å². The number of ether oxygens (including phenoxy) is 2. The summed E-state index contributed by atoms with van der Waals surface area (Å²) in [7, 11) is 1.83. The first-order valence-electron chi connectivity index (χ1n) is 9.05. The molecule has 26 heavy (non-hydrogen) atoms. The van der Waals surface area contributed by atoms with E-state index in [9.17, 15) is 4.79 Å². The van der Waals surface area contributed by atoms with E-state index in [4.69, 9.17) is 9.47 Å². The van der Waals surface area contributed by atoms with E-state index in [1.807, 2.05) is 26.1 Å². The van der Waals surface area contributed by atoms with Gasteiger partial charge in [0.1, 0.15) is 6.61 Å². The Hall–Kier alpha value is -2.56. The van der Waals surface area contributed by atoms with Crippen LogP contribution in [0.1, 0.15) is 43.1 Å². The molecule has 1 aromatic heterocycles. The molecular formula is C21H28N2O3. The Labute approximate surface area is 156 Å². The van der Waals surface area contributed by atoms with Crippen molar-refractivity contribution < 1.29 is 14.3 Å².